The van der Waals surface area contributed by atoms with Crippen LogP contribution in [-0.4, -0.2) is 8.32 Å². The second kappa shape index (κ2) is 4.34. The number of unbranched alkanes of at least 4 members (excludes halogenated alkanes) is 1. The van der Waals surface area contributed by atoms with E-state index in [9.17, 15) is 0 Å². The van der Waals surface area contributed by atoms with Gasteiger partial charge >= 0.3 is 0 Å². The van der Waals surface area contributed by atoms with Crippen LogP contribution in [0.25, 0.3) is 0 Å². The highest BCUT2D eigenvalue weighted by Crippen LogP contribution is 2.25. The van der Waals surface area contributed by atoms with E-state index in [1.807, 2.05) is 0 Å². The van der Waals surface area contributed by atoms with Gasteiger partial charge < -0.3 is 4.43 Å². The molecule has 2 heteroatoms. The maximum atomic E-state index is 6.05. The van der Waals surface area contributed by atoms with E-state index in [0.717, 1.165) is 6.61 Å². The summed E-state index contributed by atoms with van der Waals surface area (Å²) in [7, 11) is -1.58. The molecule has 1 aliphatic rings. The van der Waals surface area contributed by atoms with Crippen LogP contribution < -0.4 is 5.19 Å². The number of rotatable bonds is 3. The summed E-state index contributed by atoms with van der Waals surface area (Å²) in [6, 6.07) is 4.59. The second-order valence-corrected chi connectivity index (χ2v) is 9.11. The van der Waals surface area contributed by atoms with Gasteiger partial charge in [0.2, 0.25) is 8.32 Å². The number of aryl methyl sites for hydroxylation is 2. The lowest BCUT2D eigenvalue weighted by Gasteiger charge is -2.18. The first-order valence-corrected chi connectivity index (χ1v) is 9.23. The zero-order valence-corrected chi connectivity index (χ0v) is 11.9. The number of benzene rings is 1. The lowest BCUT2D eigenvalue weighted by Crippen LogP contribution is -2.41. The third kappa shape index (κ3) is 1.96. The van der Waals surface area contributed by atoms with Crippen molar-refractivity contribution in [1.82, 2.24) is 0 Å². The molecule has 1 aromatic carbocycles. The molecule has 0 amide bonds. The average Bonchev–Trinajstić information content (AvgIpc) is 2.55. The molecule has 0 saturated carbocycles. The molecule has 0 N–H and O–H groups in total. The SMILES string of the molecule is CCCCc1ccc(C)c2c1CO[Si]2(C)C. The van der Waals surface area contributed by atoms with Gasteiger partial charge in [0, 0.05) is 0 Å². The van der Waals surface area contributed by atoms with E-state index in [-0.39, 0.29) is 0 Å². The van der Waals surface area contributed by atoms with E-state index in [1.54, 1.807) is 5.19 Å². The third-order valence-corrected chi connectivity index (χ3v) is 6.36. The van der Waals surface area contributed by atoms with Crippen molar-refractivity contribution in [3.05, 3.63) is 28.8 Å². The van der Waals surface area contributed by atoms with E-state index in [0.29, 0.717) is 0 Å². The van der Waals surface area contributed by atoms with Crippen LogP contribution in [-0.2, 0) is 17.5 Å². The van der Waals surface area contributed by atoms with Gasteiger partial charge in [0.15, 0.2) is 0 Å². The lowest BCUT2D eigenvalue weighted by atomic mass is 10.00. The van der Waals surface area contributed by atoms with Gasteiger partial charge in [-0.3, -0.25) is 0 Å². The minimum absolute atomic E-state index is 0.856. The van der Waals surface area contributed by atoms with E-state index in [4.69, 9.17) is 4.43 Å². The fourth-order valence-corrected chi connectivity index (χ4v) is 5.38. The van der Waals surface area contributed by atoms with Crippen LogP contribution in [0.5, 0.6) is 0 Å². The van der Waals surface area contributed by atoms with Gasteiger partial charge in [-0.05, 0) is 54.7 Å². The zero-order chi connectivity index (χ0) is 11.8. The van der Waals surface area contributed by atoms with Gasteiger partial charge in [0.05, 0.1) is 6.61 Å². The van der Waals surface area contributed by atoms with E-state index < -0.39 is 8.32 Å². The predicted molar refractivity (Wildman–Crippen MR) is 71.7 cm³/mol. The van der Waals surface area contributed by atoms with Crippen LogP contribution >= 0.6 is 0 Å². The van der Waals surface area contributed by atoms with Crippen molar-refractivity contribution in [1.29, 1.82) is 0 Å². The summed E-state index contributed by atoms with van der Waals surface area (Å²) in [5.41, 5.74) is 4.48. The topological polar surface area (TPSA) is 9.23 Å². The molecule has 0 radical (unpaired) electrons. The van der Waals surface area contributed by atoms with Gasteiger partial charge in [-0.1, -0.05) is 25.5 Å². The first-order valence-electron chi connectivity index (χ1n) is 6.32. The van der Waals surface area contributed by atoms with E-state index in [2.05, 4.69) is 39.1 Å². The Labute approximate surface area is 100.0 Å². The molecule has 0 spiro atoms. The van der Waals surface area contributed by atoms with Gasteiger partial charge in [0.1, 0.15) is 0 Å². The minimum Gasteiger partial charge on any atom is -0.409 e. The van der Waals surface area contributed by atoms with Gasteiger partial charge in [-0.15, -0.1) is 0 Å². The Hall–Kier alpha value is -0.603. The standard InChI is InChI=1S/C14H22OSi/c1-5-6-7-12-9-8-11(2)14-13(12)10-15-16(14,3)4/h8-9H,5-7,10H2,1-4H3. The summed E-state index contributed by atoms with van der Waals surface area (Å²) >= 11 is 0. The molecule has 0 atom stereocenters. The molecule has 1 heterocycles. The van der Waals surface area contributed by atoms with Gasteiger partial charge in [-0.2, -0.15) is 0 Å². The Morgan fingerprint density at radius 3 is 2.75 bits per heavy atom. The van der Waals surface area contributed by atoms with Crippen LogP contribution in [0.3, 0.4) is 0 Å². The highest BCUT2D eigenvalue weighted by atomic mass is 28.4. The molecule has 1 aromatic rings. The van der Waals surface area contributed by atoms with Gasteiger partial charge in [0.25, 0.3) is 0 Å². The Balaban J connectivity index is 2.42. The summed E-state index contributed by atoms with van der Waals surface area (Å²) in [5, 5.41) is 1.57. The normalized spacial score (nSPS) is 17.5. The maximum absolute atomic E-state index is 6.05. The van der Waals surface area contributed by atoms with Crippen LogP contribution in [0.2, 0.25) is 13.1 Å². The minimum atomic E-state index is -1.58. The van der Waals surface area contributed by atoms with Crippen molar-refractivity contribution in [2.75, 3.05) is 0 Å². The maximum Gasteiger partial charge on any atom is 0.219 e. The van der Waals surface area contributed by atoms with Gasteiger partial charge in [-0.25, -0.2) is 0 Å². The largest absolute Gasteiger partial charge is 0.409 e. The summed E-state index contributed by atoms with van der Waals surface area (Å²) in [6.07, 6.45) is 3.77. The van der Waals surface area contributed by atoms with E-state index in [1.165, 1.54) is 36.0 Å². The molecular weight excluding hydrogens is 212 g/mol. The third-order valence-electron chi connectivity index (χ3n) is 3.60. The Morgan fingerprint density at radius 1 is 1.31 bits per heavy atom. The molecule has 0 aliphatic carbocycles. The van der Waals surface area contributed by atoms with Crippen LogP contribution in [0.15, 0.2) is 12.1 Å². The molecule has 0 fully saturated rings. The first kappa shape index (κ1) is 11.9. The van der Waals surface area contributed by atoms with Crippen molar-refractivity contribution in [3.8, 4) is 0 Å². The quantitative estimate of drug-likeness (QED) is 0.729. The first-order chi connectivity index (χ1) is 7.56. The molecule has 0 saturated heterocycles. The highest BCUT2D eigenvalue weighted by molar-refractivity contribution is 6.85. The molecule has 1 nitrogen and oxygen atoms in total. The molecule has 2 rings (SSSR count). The van der Waals surface area contributed by atoms with E-state index >= 15 is 0 Å². The Bertz CT molecular complexity index is 396. The van der Waals surface area contributed by atoms with Crippen LogP contribution in [0, 0.1) is 6.92 Å². The average molecular weight is 234 g/mol. The van der Waals surface area contributed by atoms with Crippen molar-refractivity contribution in [2.24, 2.45) is 0 Å². The summed E-state index contributed by atoms with van der Waals surface area (Å²) in [5.74, 6) is 0. The van der Waals surface area contributed by atoms with Crippen LogP contribution in [0.1, 0.15) is 36.5 Å². The van der Waals surface area contributed by atoms with Crippen molar-refractivity contribution in [2.45, 2.75) is 52.8 Å². The molecule has 0 bridgehead atoms. The highest BCUT2D eigenvalue weighted by Gasteiger charge is 2.36. The zero-order valence-electron chi connectivity index (χ0n) is 10.9. The Kier molecular flexibility index (Phi) is 3.22. The molecule has 0 unspecified atom stereocenters. The number of hydrogen-bond acceptors (Lipinski definition) is 1. The summed E-state index contributed by atoms with van der Waals surface area (Å²) in [6.45, 7) is 9.97. The monoisotopic (exact) mass is 234 g/mol. The van der Waals surface area contributed by atoms with Crippen LogP contribution in [0.4, 0.5) is 0 Å². The second-order valence-electron chi connectivity index (χ2n) is 5.30. The molecule has 1 aliphatic heterocycles. The summed E-state index contributed by atoms with van der Waals surface area (Å²) < 4.78 is 6.05. The lowest BCUT2D eigenvalue weighted by molar-refractivity contribution is 0.319. The molecule has 88 valence electrons. The molecular formula is C14H22OSi. The number of hydrogen-bond donors (Lipinski definition) is 0. The Morgan fingerprint density at radius 2 is 2.06 bits per heavy atom. The van der Waals surface area contributed by atoms with Crippen molar-refractivity contribution in [3.63, 3.8) is 0 Å². The predicted octanol–water partition coefficient (Wildman–Crippen LogP) is 3.28. The fourth-order valence-electron chi connectivity index (χ4n) is 2.74. The molecule has 0 aromatic heterocycles. The van der Waals surface area contributed by atoms with Crippen molar-refractivity contribution >= 4 is 13.5 Å². The summed E-state index contributed by atoms with van der Waals surface area (Å²) in [4.78, 5) is 0. The molecule has 16 heavy (non-hydrogen) atoms. The smallest absolute Gasteiger partial charge is 0.219 e. The van der Waals surface area contributed by atoms with Crippen molar-refractivity contribution < 1.29 is 4.43 Å². The fraction of sp³-hybridized carbons (Fsp3) is 0.571. The number of fused-ring (bicyclic) bond motifs is 1.